The summed E-state index contributed by atoms with van der Waals surface area (Å²) in [7, 11) is 0. The van der Waals surface area contributed by atoms with Crippen LogP contribution in [0.4, 0.5) is 0 Å². The van der Waals surface area contributed by atoms with Crippen molar-refractivity contribution in [1.82, 2.24) is 0 Å². The van der Waals surface area contributed by atoms with Crippen LogP contribution in [0.5, 0.6) is 0 Å². The fraction of sp³-hybridized carbons (Fsp3) is 0.810. The van der Waals surface area contributed by atoms with E-state index in [1.165, 1.54) is 90.4 Å². The number of ether oxygens (including phenoxy) is 1. The zero-order valence-corrected chi connectivity index (χ0v) is 15.7. The van der Waals surface area contributed by atoms with E-state index in [2.05, 4.69) is 19.1 Å². The lowest BCUT2D eigenvalue weighted by Gasteiger charge is -2.03. The Hall–Kier alpha value is -0.790. The smallest absolute Gasteiger partial charge is 0.303 e. The average Bonchev–Trinajstić information content (AvgIpc) is 2.53. The quantitative estimate of drug-likeness (QED) is 0.161. The minimum absolute atomic E-state index is 0.211. The van der Waals surface area contributed by atoms with Crippen LogP contribution >= 0.6 is 0 Å². The molecule has 0 aliphatic heterocycles. The van der Waals surface area contributed by atoms with Gasteiger partial charge in [-0.2, -0.15) is 0 Å². The Balaban J connectivity index is 3.02. The van der Waals surface area contributed by atoms with Crippen LogP contribution in [0, 0.1) is 6.61 Å². The summed E-state index contributed by atoms with van der Waals surface area (Å²) >= 11 is 0. The van der Waals surface area contributed by atoms with E-state index in [1.807, 2.05) is 0 Å². The van der Waals surface area contributed by atoms with E-state index in [0.29, 0.717) is 0 Å². The van der Waals surface area contributed by atoms with Gasteiger partial charge in [0.25, 0.3) is 0 Å². The molecule has 23 heavy (non-hydrogen) atoms. The molecule has 0 heterocycles. The first-order chi connectivity index (χ1) is 11.3. The summed E-state index contributed by atoms with van der Waals surface area (Å²) in [6.45, 7) is 5.33. The molecule has 0 aromatic carbocycles. The van der Waals surface area contributed by atoms with Crippen LogP contribution in [0.2, 0.25) is 0 Å². The number of hydrogen-bond acceptors (Lipinski definition) is 2. The second-order valence-corrected chi connectivity index (χ2v) is 6.50. The monoisotopic (exact) mass is 323 g/mol. The molecule has 0 unspecified atom stereocenters. The zero-order valence-electron chi connectivity index (χ0n) is 15.7. The maximum absolute atomic E-state index is 10.6. The topological polar surface area (TPSA) is 26.3 Å². The van der Waals surface area contributed by atoms with E-state index in [0.717, 1.165) is 12.8 Å². The highest BCUT2D eigenvalue weighted by molar-refractivity contribution is 5.66. The minimum atomic E-state index is -0.211. The first-order valence-electron chi connectivity index (χ1n) is 9.91. The molecular weight excluding hydrogens is 284 g/mol. The van der Waals surface area contributed by atoms with E-state index >= 15 is 0 Å². The molecule has 0 bridgehead atoms. The number of hydrogen-bond donors (Lipinski definition) is 0. The molecule has 0 aromatic heterocycles. The summed E-state index contributed by atoms with van der Waals surface area (Å²) < 4.78 is 4.80. The van der Waals surface area contributed by atoms with Gasteiger partial charge in [-0.15, -0.1) is 0 Å². The molecule has 0 amide bonds. The second kappa shape index (κ2) is 19.3. The largest absolute Gasteiger partial charge is 0.459 e. The molecule has 0 saturated carbocycles. The predicted octanol–water partition coefficient (Wildman–Crippen LogP) is 7.14. The highest BCUT2D eigenvalue weighted by Crippen LogP contribution is 2.12. The van der Waals surface area contributed by atoms with Crippen LogP contribution in [-0.2, 0) is 9.53 Å². The van der Waals surface area contributed by atoms with Crippen molar-refractivity contribution in [2.24, 2.45) is 0 Å². The zero-order chi connectivity index (χ0) is 17.0. The Morgan fingerprint density at radius 2 is 1.13 bits per heavy atom. The van der Waals surface area contributed by atoms with Gasteiger partial charge in [0.1, 0.15) is 6.61 Å². The third-order valence-electron chi connectivity index (χ3n) is 4.08. The lowest BCUT2D eigenvalue weighted by atomic mass is 10.1. The molecule has 2 heteroatoms. The predicted molar refractivity (Wildman–Crippen MR) is 100 cm³/mol. The van der Waals surface area contributed by atoms with Crippen molar-refractivity contribution in [3.05, 3.63) is 18.8 Å². The van der Waals surface area contributed by atoms with Gasteiger partial charge in [-0.1, -0.05) is 83.3 Å². The molecule has 1 radical (unpaired) electrons. The molecule has 0 spiro atoms. The molecule has 0 rings (SSSR count). The molecule has 135 valence electrons. The Morgan fingerprint density at radius 1 is 0.696 bits per heavy atom. The average molecular weight is 324 g/mol. The lowest BCUT2D eigenvalue weighted by molar-refractivity contribution is -0.137. The van der Waals surface area contributed by atoms with Crippen molar-refractivity contribution in [1.29, 1.82) is 0 Å². The fourth-order valence-electron chi connectivity index (χ4n) is 2.64. The molecule has 0 aromatic rings. The molecular formula is C21H39O2. The Labute approximate surface area is 145 Å². The number of rotatable bonds is 17. The number of carbonyl (C=O) groups is 1. The van der Waals surface area contributed by atoms with E-state index < -0.39 is 0 Å². The van der Waals surface area contributed by atoms with Crippen LogP contribution in [0.1, 0.15) is 110 Å². The third kappa shape index (κ3) is 21.2. The summed E-state index contributed by atoms with van der Waals surface area (Å²) in [6, 6.07) is 0. The first-order valence-corrected chi connectivity index (χ1v) is 9.91. The van der Waals surface area contributed by atoms with Crippen molar-refractivity contribution < 1.29 is 9.53 Å². The highest BCUT2D eigenvalue weighted by Gasteiger charge is 1.95. The lowest BCUT2D eigenvalue weighted by Crippen LogP contribution is -1.94. The molecule has 0 aliphatic carbocycles. The Bertz CT molecular complexity index is 271. The van der Waals surface area contributed by atoms with E-state index in [4.69, 9.17) is 4.74 Å². The van der Waals surface area contributed by atoms with Crippen LogP contribution in [0.25, 0.3) is 0 Å². The summed E-state index contributed by atoms with van der Waals surface area (Å²) in [5.74, 6) is -0.211. The SMILES string of the molecule is CCCCC=CCCCCCCCCCCCC[CH]OC(C)=O. The molecule has 0 saturated heterocycles. The van der Waals surface area contributed by atoms with Gasteiger partial charge in [-0.3, -0.25) is 4.79 Å². The maximum atomic E-state index is 10.6. The van der Waals surface area contributed by atoms with E-state index in [9.17, 15) is 4.79 Å². The highest BCUT2D eigenvalue weighted by atomic mass is 16.5. The molecule has 0 fully saturated rings. The maximum Gasteiger partial charge on any atom is 0.303 e. The number of unbranched alkanes of at least 4 members (excludes halogenated alkanes) is 13. The third-order valence-corrected chi connectivity index (χ3v) is 4.08. The summed E-state index contributed by atoms with van der Waals surface area (Å²) in [5.41, 5.74) is 0. The van der Waals surface area contributed by atoms with Crippen LogP contribution in [0.15, 0.2) is 12.2 Å². The normalized spacial score (nSPS) is 11.2. The van der Waals surface area contributed by atoms with Gasteiger partial charge in [-0.05, 0) is 32.1 Å². The van der Waals surface area contributed by atoms with E-state index in [1.54, 1.807) is 6.61 Å². The van der Waals surface area contributed by atoms with Gasteiger partial charge in [0.15, 0.2) is 0 Å². The van der Waals surface area contributed by atoms with Gasteiger partial charge in [0.2, 0.25) is 0 Å². The number of esters is 1. The van der Waals surface area contributed by atoms with Crippen molar-refractivity contribution in [2.75, 3.05) is 0 Å². The summed E-state index contributed by atoms with van der Waals surface area (Å²) in [4.78, 5) is 10.6. The van der Waals surface area contributed by atoms with Crippen molar-refractivity contribution >= 4 is 5.97 Å². The van der Waals surface area contributed by atoms with Gasteiger partial charge in [-0.25, -0.2) is 0 Å². The Kier molecular flexibility index (Phi) is 18.6. The molecule has 2 nitrogen and oxygen atoms in total. The van der Waals surface area contributed by atoms with Gasteiger partial charge >= 0.3 is 5.97 Å². The standard InChI is InChI=1S/C21H39O2/c1-3-4-5-6-7-8-9-10-11-12-13-14-15-16-17-18-19-20-23-21(2)22/h6-7,20H,3-5,8-19H2,1-2H3. The van der Waals surface area contributed by atoms with Crippen LogP contribution in [-0.4, -0.2) is 5.97 Å². The van der Waals surface area contributed by atoms with Gasteiger partial charge in [0.05, 0.1) is 0 Å². The first kappa shape index (κ1) is 22.2. The molecule has 0 aliphatic rings. The van der Waals surface area contributed by atoms with Crippen LogP contribution in [0.3, 0.4) is 0 Å². The van der Waals surface area contributed by atoms with Crippen molar-refractivity contribution in [3.8, 4) is 0 Å². The number of allylic oxidation sites excluding steroid dienone is 2. The summed E-state index contributed by atoms with van der Waals surface area (Å²) in [6.07, 6.45) is 24.2. The number of carbonyl (C=O) groups excluding carboxylic acids is 1. The molecule has 0 atom stereocenters. The van der Waals surface area contributed by atoms with Crippen molar-refractivity contribution in [2.45, 2.75) is 110 Å². The van der Waals surface area contributed by atoms with Gasteiger partial charge in [0, 0.05) is 6.92 Å². The second-order valence-electron chi connectivity index (χ2n) is 6.50. The minimum Gasteiger partial charge on any atom is -0.459 e. The molecule has 0 N–H and O–H groups in total. The van der Waals surface area contributed by atoms with E-state index in [-0.39, 0.29) is 5.97 Å². The van der Waals surface area contributed by atoms with Gasteiger partial charge < -0.3 is 4.74 Å². The Morgan fingerprint density at radius 3 is 1.61 bits per heavy atom. The fourth-order valence-corrected chi connectivity index (χ4v) is 2.64. The van der Waals surface area contributed by atoms with Crippen LogP contribution < -0.4 is 0 Å². The van der Waals surface area contributed by atoms with Crippen molar-refractivity contribution in [3.63, 3.8) is 0 Å². The summed E-state index contributed by atoms with van der Waals surface area (Å²) in [5, 5.41) is 0.